The molecule has 7 nitrogen and oxygen atoms in total. The Morgan fingerprint density at radius 1 is 1.29 bits per heavy atom. The number of hydrogen-bond acceptors (Lipinski definition) is 4. The van der Waals surface area contributed by atoms with E-state index < -0.39 is 0 Å². The van der Waals surface area contributed by atoms with E-state index in [1.165, 1.54) is 0 Å². The van der Waals surface area contributed by atoms with Crippen LogP contribution < -0.4 is 15.4 Å². The van der Waals surface area contributed by atoms with Gasteiger partial charge in [0, 0.05) is 13.6 Å². The molecular formula is C16H25IN6O. The van der Waals surface area contributed by atoms with Crippen LogP contribution in [0.3, 0.4) is 0 Å². The Hall–Kier alpha value is -1.84. The summed E-state index contributed by atoms with van der Waals surface area (Å²) in [5.74, 6) is 3.34. The molecule has 0 saturated carbocycles. The summed E-state index contributed by atoms with van der Waals surface area (Å²) in [5, 5.41) is 14.7. The smallest absolute Gasteiger partial charge is 0.191 e. The Balaban J connectivity index is 0.00000288. The highest BCUT2D eigenvalue weighted by atomic mass is 127. The predicted octanol–water partition coefficient (Wildman–Crippen LogP) is 2.01. The molecular weight excluding hydrogens is 419 g/mol. The van der Waals surface area contributed by atoms with Crippen LogP contribution in [0.15, 0.2) is 29.3 Å². The van der Waals surface area contributed by atoms with E-state index in [-0.39, 0.29) is 24.0 Å². The second-order valence-electron chi connectivity index (χ2n) is 5.12. The lowest BCUT2D eigenvalue weighted by molar-refractivity contribution is 0.414. The van der Waals surface area contributed by atoms with Gasteiger partial charge in [-0.1, -0.05) is 12.1 Å². The maximum Gasteiger partial charge on any atom is 0.191 e. The Morgan fingerprint density at radius 3 is 2.71 bits per heavy atom. The van der Waals surface area contributed by atoms with Gasteiger partial charge in [-0.3, -0.25) is 0 Å². The minimum atomic E-state index is 0. The van der Waals surface area contributed by atoms with Gasteiger partial charge in [0.05, 0.1) is 20.2 Å². The molecule has 0 amide bonds. The second-order valence-corrected chi connectivity index (χ2v) is 5.12. The number of methoxy groups -OCH3 is 1. The average molecular weight is 444 g/mol. The highest BCUT2D eigenvalue weighted by Crippen LogP contribution is 2.13. The largest absolute Gasteiger partial charge is 0.497 e. The van der Waals surface area contributed by atoms with E-state index >= 15 is 0 Å². The van der Waals surface area contributed by atoms with Crippen molar-refractivity contribution in [1.29, 1.82) is 0 Å². The molecule has 132 valence electrons. The number of nitrogens with one attached hydrogen (secondary N) is 2. The maximum absolute atomic E-state index is 5.23. The van der Waals surface area contributed by atoms with Gasteiger partial charge in [0.2, 0.25) is 0 Å². The molecule has 2 N–H and O–H groups in total. The first-order valence-electron chi connectivity index (χ1n) is 7.64. The lowest BCUT2D eigenvalue weighted by Crippen LogP contribution is -2.37. The minimum Gasteiger partial charge on any atom is -0.497 e. The summed E-state index contributed by atoms with van der Waals surface area (Å²) in [5.41, 5.74) is 1.09. The molecule has 0 spiro atoms. The van der Waals surface area contributed by atoms with E-state index in [0.29, 0.717) is 13.1 Å². The fourth-order valence-corrected chi connectivity index (χ4v) is 2.05. The molecule has 0 radical (unpaired) electrons. The number of aliphatic imine (C=N–C) groups is 1. The fraction of sp³-hybridized carbons (Fsp3) is 0.438. The van der Waals surface area contributed by atoms with Crippen LogP contribution in [0.4, 0.5) is 0 Å². The molecule has 0 aliphatic carbocycles. The van der Waals surface area contributed by atoms with Gasteiger partial charge in [0.1, 0.15) is 11.6 Å². The first kappa shape index (κ1) is 20.2. The molecule has 0 aliphatic heterocycles. The van der Waals surface area contributed by atoms with Crippen molar-refractivity contribution in [2.75, 3.05) is 13.7 Å². The van der Waals surface area contributed by atoms with Crippen LogP contribution in [0.2, 0.25) is 0 Å². The number of rotatable bonds is 6. The van der Waals surface area contributed by atoms with Crippen molar-refractivity contribution in [2.24, 2.45) is 12.0 Å². The van der Waals surface area contributed by atoms with Crippen molar-refractivity contribution < 1.29 is 4.74 Å². The molecule has 0 unspecified atom stereocenters. The fourth-order valence-electron chi connectivity index (χ4n) is 2.05. The van der Waals surface area contributed by atoms with Crippen molar-refractivity contribution in [3.05, 3.63) is 41.5 Å². The van der Waals surface area contributed by atoms with Crippen LogP contribution in [0, 0.1) is 6.92 Å². The van der Waals surface area contributed by atoms with Crippen molar-refractivity contribution in [3.63, 3.8) is 0 Å². The first-order valence-corrected chi connectivity index (χ1v) is 7.64. The second kappa shape index (κ2) is 10.1. The Kier molecular flexibility index (Phi) is 8.51. The van der Waals surface area contributed by atoms with Crippen LogP contribution >= 0.6 is 24.0 Å². The summed E-state index contributed by atoms with van der Waals surface area (Å²) >= 11 is 0. The van der Waals surface area contributed by atoms with Crippen LogP contribution in [0.5, 0.6) is 5.75 Å². The van der Waals surface area contributed by atoms with Gasteiger partial charge in [0.25, 0.3) is 0 Å². The zero-order chi connectivity index (χ0) is 16.7. The number of ether oxygens (including phenoxy) is 1. The minimum absolute atomic E-state index is 0. The molecule has 1 aromatic carbocycles. The van der Waals surface area contributed by atoms with Crippen LogP contribution in [-0.4, -0.2) is 34.4 Å². The number of nitrogens with zero attached hydrogens (tertiary/aromatic N) is 4. The third-order valence-corrected chi connectivity index (χ3v) is 3.49. The molecule has 0 atom stereocenters. The lowest BCUT2D eigenvalue weighted by Gasteiger charge is -2.11. The summed E-state index contributed by atoms with van der Waals surface area (Å²) in [7, 11) is 3.61. The number of aryl methyl sites for hydroxylation is 1. The zero-order valence-electron chi connectivity index (χ0n) is 14.5. The summed E-state index contributed by atoms with van der Waals surface area (Å²) in [4.78, 5) is 4.59. The van der Waals surface area contributed by atoms with Gasteiger partial charge in [-0.2, -0.15) is 0 Å². The van der Waals surface area contributed by atoms with E-state index in [2.05, 4.69) is 25.8 Å². The third kappa shape index (κ3) is 5.66. The average Bonchev–Trinajstić information content (AvgIpc) is 2.89. The molecule has 2 aromatic rings. The van der Waals surface area contributed by atoms with E-state index in [1.807, 2.05) is 49.7 Å². The summed E-state index contributed by atoms with van der Waals surface area (Å²) in [6, 6.07) is 7.90. The summed E-state index contributed by atoms with van der Waals surface area (Å²) in [6.07, 6.45) is 0. The van der Waals surface area contributed by atoms with Gasteiger partial charge in [-0.15, -0.1) is 34.2 Å². The van der Waals surface area contributed by atoms with E-state index in [9.17, 15) is 0 Å². The zero-order valence-corrected chi connectivity index (χ0v) is 16.9. The topological polar surface area (TPSA) is 76.4 Å². The molecule has 2 rings (SSSR count). The maximum atomic E-state index is 5.23. The van der Waals surface area contributed by atoms with Gasteiger partial charge < -0.3 is 19.9 Å². The Labute approximate surface area is 159 Å². The van der Waals surface area contributed by atoms with Crippen molar-refractivity contribution in [3.8, 4) is 5.75 Å². The molecule has 8 heteroatoms. The number of halogens is 1. The highest BCUT2D eigenvalue weighted by Gasteiger charge is 2.05. The molecule has 0 fully saturated rings. The Bertz CT molecular complexity index is 670. The third-order valence-electron chi connectivity index (χ3n) is 3.49. The lowest BCUT2D eigenvalue weighted by atomic mass is 10.2. The molecule has 0 aliphatic rings. The van der Waals surface area contributed by atoms with Crippen LogP contribution in [-0.2, 0) is 20.1 Å². The number of guanidine groups is 1. The molecule has 1 aromatic heterocycles. The SMILES string of the molecule is CCNC(=NCc1cccc(OC)c1)NCc1nnc(C)n1C.I. The quantitative estimate of drug-likeness (QED) is 0.405. The van der Waals surface area contributed by atoms with Gasteiger partial charge in [-0.05, 0) is 31.5 Å². The number of hydrogen-bond donors (Lipinski definition) is 2. The standard InChI is InChI=1S/C16H24N6O.HI/c1-5-17-16(19-11-15-21-20-12(2)22(15)3)18-10-13-7-6-8-14(9-13)23-4;/h6-9H,5,10-11H2,1-4H3,(H2,17,18,19);1H. The van der Waals surface area contributed by atoms with E-state index in [0.717, 1.165) is 35.5 Å². The first-order chi connectivity index (χ1) is 11.1. The summed E-state index contributed by atoms with van der Waals surface area (Å²) < 4.78 is 7.19. The van der Waals surface area contributed by atoms with Gasteiger partial charge >= 0.3 is 0 Å². The van der Waals surface area contributed by atoms with Crippen molar-refractivity contribution in [1.82, 2.24) is 25.4 Å². The summed E-state index contributed by atoms with van der Waals surface area (Å²) in [6.45, 7) is 5.90. The molecule has 1 heterocycles. The van der Waals surface area contributed by atoms with Crippen LogP contribution in [0.1, 0.15) is 24.1 Å². The van der Waals surface area contributed by atoms with Crippen LogP contribution in [0.25, 0.3) is 0 Å². The van der Waals surface area contributed by atoms with E-state index in [4.69, 9.17) is 4.74 Å². The molecule has 0 bridgehead atoms. The predicted molar refractivity (Wildman–Crippen MR) is 106 cm³/mol. The van der Waals surface area contributed by atoms with Gasteiger partial charge in [0.15, 0.2) is 11.8 Å². The van der Waals surface area contributed by atoms with E-state index in [1.54, 1.807) is 7.11 Å². The number of aromatic nitrogens is 3. The molecule has 24 heavy (non-hydrogen) atoms. The number of benzene rings is 1. The Morgan fingerprint density at radius 2 is 2.08 bits per heavy atom. The molecule has 0 saturated heterocycles. The van der Waals surface area contributed by atoms with Gasteiger partial charge in [-0.25, -0.2) is 4.99 Å². The highest BCUT2D eigenvalue weighted by molar-refractivity contribution is 14.0. The van der Waals surface area contributed by atoms with Crippen molar-refractivity contribution >= 4 is 29.9 Å². The normalized spacial score (nSPS) is 10.9. The monoisotopic (exact) mass is 444 g/mol. The van der Waals surface area contributed by atoms with Crippen molar-refractivity contribution in [2.45, 2.75) is 26.9 Å².